The van der Waals surface area contributed by atoms with E-state index in [1.807, 2.05) is 44.2 Å². The molecule has 24 heavy (non-hydrogen) atoms. The average Bonchev–Trinajstić information content (AvgIpc) is 2.49. The van der Waals surface area contributed by atoms with Gasteiger partial charge in [-0.1, -0.05) is 43.7 Å². The van der Waals surface area contributed by atoms with Gasteiger partial charge in [-0.2, -0.15) is 6.07 Å². The van der Waals surface area contributed by atoms with Crippen LogP contribution in [-0.2, 0) is 53.8 Å². The summed E-state index contributed by atoms with van der Waals surface area (Å²) in [5, 5.41) is 11.9. The Bertz CT molecular complexity index is 575. The third-order valence-corrected chi connectivity index (χ3v) is 2.89. The van der Waals surface area contributed by atoms with Crippen LogP contribution < -0.4 is 4.81 Å². The predicted octanol–water partition coefficient (Wildman–Crippen LogP) is 4.58. The van der Waals surface area contributed by atoms with Crippen LogP contribution in [0, 0.1) is 50.7 Å². The summed E-state index contributed by atoms with van der Waals surface area (Å²) >= 11 is 5.52. The van der Waals surface area contributed by atoms with Crippen molar-refractivity contribution >= 4 is 35.1 Å². The van der Waals surface area contributed by atoms with Gasteiger partial charge in [-0.3, -0.25) is 11.5 Å². The molecule has 0 amide bonds. The molecular weight excluding hydrogens is 791 g/mol. The summed E-state index contributed by atoms with van der Waals surface area (Å²) in [6.45, 7) is 6.23. The van der Waals surface area contributed by atoms with Gasteiger partial charge in [-0.05, 0) is 6.82 Å². The van der Waals surface area contributed by atoms with E-state index in [-0.39, 0.29) is 92.3 Å². The summed E-state index contributed by atoms with van der Waals surface area (Å²) in [4.78, 5) is 1.77. The first-order valence-corrected chi connectivity index (χ1v) is 7.18. The topological polar surface area (TPSA) is 23.5 Å². The monoisotopic (exact) mass is 813 g/mol. The summed E-state index contributed by atoms with van der Waals surface area (Å²) in [6, 6.07) is 16.2. The zero-order valence-corrected chi connectivity index (χ0v) is 25.3. The maximum Gasteiger partial charge on any atom is 0.406 e. The zero-order chi connectivity index (χ0) is 15.0. The first-order chi connectivity index (χ1) is 9.72. The molecule has 0 fully saturated rings. The summed E-state index contributed by atoms with van der Waals surface area (Å²) in [5.74, 6) is 0. The van der Waals surface area contributed by atoms with E-state index in [1.54, 1.807) is 17.7 Å². The van der Waals surface area contributed by atoms with Crippen LogP contribution in [0.4, 0.5) is 5.69 Å². The second-order valence-corrected chi connectivity index (χ2v) is 4.25. The van der Waals surface area contributed by atoms with E-state index >= 15 is 0 Å². The Kier molecular flexibility index (Phi) is 26.4. The van der Waals surface area contributed by atoms with E-state index in [1.165, 1.54) is 5.54 Å². The molecule has 1 radical (unpaired) electrons. The van der Waals surface area contributed by atoms with E-state index in [0.29, 0.717) is 6.54 Å². The third-order valence-electron chi connectivity index (χ3n) is 2.71. The van der Waals surface area contributed by atoms with Crippen LogP contribution in [0.3, 0.4) is 0 Å². The number of rotatable bonds is 4. The first-order valence-electron chi connectivity index (χ1n) is 6.75. The van der Waals surface area contributed by atoms with Crippen LogP contribution in [0.25, 0.3) is 10.8 Å². The van der Waals surface area contributed by atoms with E-state index < -0.39 is 7.05 Å². The SMILES string of the molecule is CB(O)N(CC=CCl)c1[c-]cc2ccccc2[c-]1.CC.[CH3-].[U].[W].[Y]. The van der Waals surface area contributed by atoms with Crippen molar-refractivity contribution in [3.63, 3.8) is 0 Å². The predicted molar refractivity (Wildman–Crippen MR) is 95.6 cm³/mol. The van der Waals surface area contributed by atoms with Crippen LogP contribution >= 0.6 is 11.6 Å². The molecular formula is C17H22BClNOUWY-3. The van der Waals surface area contributed by atoms with Crippen LogP contribution in [0.5, 0.6) is 0 Å². The summed E-state index contributed by atoms with van der Waals surface area (Å²) in [7, 11) is -0.619. The van der Waals surface area contributed by atoms with Crippen molar-refractivity contribution in [1.29, 1.82) is 0 Å². The summed E-state index contributed by atoms with van der Waals surface area (Å²) in [6.07, 6.45) is 1.77. The zero-order valence-electron chi connectivity index (χ0n) is 14.6. The average molecular weight is 813 g/mol. The molecule has 0 bridgehead atoms. The van der Waals surface area contributed by atoms with Gasteiger partial charge in [-0.25, -0.2) is 11.1 Å². The number of benzene rings is 2. The molecule has 0 spiro atoms. The van der Waals surface area contributed by atoms with Gasteiger partial charge in [0.1, 0.15) is 0 Å². The molecule has 0 saturated heterocycles. The van der Waals surface area contributed by atoms with Crippen molar-refractivity contribution in [2.45, 2.75) is 20.7 Å². The van der Waals surface area contributed by atoms with Crippen LogP contribution in [-0.4, -0.2) is 18.6 Å². The Balaban J connectivity index is -0.000000321. The third kappa shape index (κ3) is 10.5. The fourth-order valence-electron chi connectivity index (χ4n) is 1.79. The smallest absolute Gasteiger partial charge is 0.406 e. The van der Waals surface area contributed by atoms with Gasteiger partial charge in [0.15, 0.2) is 0 Å². The number of hydrogen-bond acceptors (Lipinski definition) is 2. The van der Waals surface area contributed by atoms with Gasteiger partial charge in [0.25, 0.3) is 0 Å². The molecule has 2 rings (SSSR count). The van der Waals surface area contributed by atoms with E-state index in [0.717, 1.165) is 16.5 Å². The molecule has 0 aliphatic carbocycles. The van der Waals surface area contributed by atoms with Gasteiger partial charge >= 0.3 is 7.05 Å². The molecule has 127 valence electrons. The Morgan fingerprint density at radius 2 is 1.88 bits per heavy atom. The van der Waals surface area contributed by atoms with Gasteiger partial charge in [0.05, 0.1) is 0 Å². The molecule has 0 aromatic heterocycles. The van der Waals surface area contributed by atoms with Crippen LogP contribution in [0.1, 0.15) is 13.8 Å². The summed E-state index contributed by atoms with van der Waals surface area (Å²) in [5.41, 5.74) is 2.18. The van der Waals surface area contributed by atoms with Crippen molar-refractivity contribution in [3.8, 4) is 0 Å². The maximum atomic E-state index is 9.77. The minimum absolute atomic E-state index is 0. The van der Waals surface area contributed by atoms with Crippen LogP contribution in [0.2, 0.25) is 6.82 Å². The maximum absolute atomic E-state index is 9.77. The minimum Gasteiger partial charge on any atom is -0.433 e. The molecule has 0 aliphatic heterocycles. The second-order valence-electron chi connectivity index (χ2n) is 4.00. The van der Waals surface area contributed by atoms with Crippen molar-refractivity contribution in [2.24, 2.45) is 0 Å². The molecule has 2 nitrogen and oxygen atoms in total. The Morgan fingerprint density at radius 1 is 1.29 bits per heavy atom. The van der Waals surface area contributed by atoms with Gasteiger partial charge < -0.3 is 29.4 Å². The molecule has 0 saturated carbocycles. The number of nitrogens with zero attached hydrogens (tertiary/aromatic N) is 1. The van der Waals surface area contributed by atoms with Crippen molar-refractivity contribution < 1.29 is 89.9 Å². The Hall–Kier alpha value is 1.40. The fourth-order valence-corrected chi connectivity index (χ4v) is 1.86. The molecule has 1 N–H and O–H groups in total. The van der Waals surface area contributed by atoms with Gasteiger partial charge in [0.2, 0.25) is 0 Å². The molecule has 0 heterocycles. The quantitative estimate of drug-likeness (QED) is 0.362. The molecule has 2 aromatic rings. The molecule has 0 aliphatic rings. The van der Waals surface area contributed by atoms with E-state index in [4.69, 9.17) is 11.6 Å². The van der Waals surface area contributed by atoms with Crippen molar-refractivity contribution in [2.75, 3.05) is 11.4 Å². The number of fused-ring (bicyclic) bond motifs is 1. The fraction of sp³-hybridized carbons (Fsp3) is 0.235. The minimum atomic E-state index is -0.619. The largest absolute Gasteiger partial charge is 0.433 e. The number of hydrogen-bond donors (Lipinski definition) is 1. The molecule has 0 atom stereocenters. The van der Waals surface area contributed by atoms with Gasteiger partial charge in [0, 0.05) is 97.0 Å². The molecule has 2 aromatic carbocycles. The molecule has 7 heteroatoms. The standard InChI is InChI=1S/C14H13BClNO.C2H6.CH3.U.W.Y/c1-15(18)17(10-4-9-16)14-8-7-12-5-2-3-6-13(12)11-14;1-2;;;;/h2-7,9,18H,10H2,1H3;1-2H3;1H3;;;/q-2;;-1;;;. The normalized spacial score (nSPS) is 8.54. The van der Waals surface area contributed by atoms with Gasteiger partial charge in [-0.15, -0.1) is 6.07 Å². The number of halogens is 1. The number of anilines is 1. The van der Waals surface area contributed by atoms with E-state index in [9.17, 15) is 5.02 Å². The molecule has 0 unspecified atom stereocenters. The Labute approximate surface area is 215 Å². The second kappa shape index (κ2) is 19.2. The van der Waals surface area contributed by atoms with Crippen molar-refractivity contribution in [3.05, 3.63) is 61.5 Å². The first kappa shape index (κ1) is 33.0. The Morgan fingerprint density at radius 3 is 2.42 bits per heavy atom. The van der Waals surface area contributed by atoms with Crippen LogP contribution in [0.15, 0.2) is 41.9 Å². The van der Waals surface area contributed by atoms with E-state index in [2.05, 4.69) is 12.1 Å². The van der Waals surface area contributed by atoms with Crippen molar-refractivity contribution in [1.82, 2.24) is 0 Å². The summed E-state index contributed by atoms with van der Waals surface area (Å²) < 4.78 is 0.